The van der Waals surface area contributed by atoms with E-state index < -0.39 is 17.5 Å². The van der Waals surface area contributed by atoms with E-state index in [9.17, 15) is 14.7 Å². The van der Waals surface area contributed by atoms with E-state index in [-0.39, 0.29) is 5.56 Å². The van der Waals surface area contributed by atoms with Crippen LogP contribution in [0.25, 0.3) is 0 Å². The summed E-state index contributed by atoms with van der Waals surface area (Å²) in [5.41, 5.74) is 3.51. The number of aliphatic hydroxyl groups is 1. The zero-order valence-electron chi connectivity index (χ0n) is 10.6. The molecule has 0 bridgehead atoms. The Bertz CT molecular complexity index is 614. The van der Waals surface area contributed by atoms with Gasteiger partial charge in [0.2, 0.25) is 5.72 Å². The Hall–Kier alpha value is -2.66. The molecule has 5 heteroatoms. The number of nitrogens with two attached hydrogens (primary N) is 1. The molecule has 2 rings (SSSR count). The van der Waals surface area contributed by atoms with Crippen molar-refractivity contribution in [3.05, 3.63) is 71.8 Å². The molecular formula is C15H14N2O3. The van der Waals surface area contributed by atoms with Crippen molar-refractivity contribution in [2.45, 2.75) is 5.72 Å². The average molecular weight is 270 g/mol. The van der Waals surface area contributed by atoms with Crippen molar-refractivity contribution in [2.75, 3.05) is 0 Å². The smallest absolute Gasteiger partial charge is 0.275 e. The Balaban J connectivity index is 2.32. The molecule has 0 aliphatic heterocycles. The van der Waals surface area contributed by atoms with E-state index in [1.807, 2.05) is 0 Å². The number of carbonyl (C=O) groups excluding carboxylic acids is 2. The van der Waals surface area contributed by atoms with Crippen molar-refractivity contribution in [2.24, 2.45) is 5.73 Å². The molecule has 1 unspecified atom stereocenters. The van der Waals surface area contributed by atoms with Gasteiger partial charge in [-0.3, -0.25) is 9.59 Å². The second-order valence-electron chi connectivity index (χ2n) is 4.26. The molecule has 2 amide bonds. The molecule has 0 aliphatic carbocycles. The van der Waals surface area contributed by atoms with Gasteiger partial charge in [-0.15, -0.1) is 0 Å². The highest BCUT2D eigenvalue weighted by molar-refractivity contribution is 5.98. The van der Waals surface area contributed by atoms with E-state index in [2.05, 4.69) is 5.32 Å². The maximum absolute atomic E-state index is 12.1. The summed E-state index contributed by atoms with van der Waals surface area (Å²) in [4.78, 5) is 23.6. The molecule has 0 aliphatic rings. The molecule has 102 valence electrons. The fourth-order valence-electron chi connectivity index (χ4n) is 1.78. The summed E-state index contributed by atoms with van der Waals surface area (Å²) in [6.45, 7) is 0. The quantitative estimate of drug-likeness (QED) is 0.716. The molecule has 0 aromatic heterocycles. The minimum absolute atomic E-state index is 0.205. The molecule has 0 heterocycles. The van der Waals surface area contributed by atoms with E-state index in [0.717, 1.165) is 0 Å². The normalized spacial score (nSPS) is 13.2. The van der Waals surface area contributed by atoms with Crippen molar-refractivity contribution >= 4 is 11.8 Å². The van der Waals surface area contributed by atoms with Gasteiger partial charge in [-0.05, 0) is 12.1 Å². The minimum atomic E-state index is -2.24. The zero-order valence-corrected chi connectivity index (χ0v) is 10.6. The van der Waals surface area contributed by atoms with Crippen LogP contribution in [-0.2, 0) is 10.5 Å². The van der Waals surface area contributed by atoms with Gasteiger partial charge < -0.3 is 16.2 Å². The maximum atomic E-state index is 12.1. The van der Waals surface area contributed by atoms with Crippen molar-refractivity contribution < 1.29 is 14.7 Å². The highest BCUT2D eigenvalue weighted by Gasteiger charge is 2.37. The van der Waals surface area contributed by atoms with E-state index in [4.69, 9.17) is 5.73 Å². The number of primary amides is 1. The number of benzene rings is 2. The molecule has 4 N–H and O–H groups in total. The van der Waals surface area contributed by atoms with Crippen LogP contribution in [0, 0.1) is 0 Å². The molecule has 0 saturated heterocycles. The first-order valence-corrected chi connectivity index (χ1v) is 5.99. The Labute approximate surface area is 116 Å². The summed E-state index contributed by atoms with van der Waals surface area (Å²) in [6.07, 6.45) is 0. The van der Waals surface area contributed by atoms with Crippen molar-refractivity contribution in [1.82, 2.24) is 5.32 Å². The monoisotopic (exact) mass is 270 g/mol. The van der Waals surface area contributed by atoms with Gasteiger partial charge >= 0.3 is 0 Å². The molecule has 0 radical (unpaired) electrons. The van der Waals surface area contributed by atoms with Gasteiger partial charge in [-0.25, -0.2) is 0 Å². The van der Waals surface area contributed by atoms with E-state index in [1.54, 1.807) is 48.5 Å². The van der Waals surface area contributed by atoms with Crippen LogP contribution < -0.4 is 11.1 Å². The van der Waals surface area contributed by atoms with Crippen molar-refractivity contribution in [1.29, 1.82) is 0 Å². The van der Waals surface area contributed by atoms with Gasteiger partial charge in [0.15, 0.2) is 0 Å². The first kappa shape index (κ1) is 13.8. The SMILES string of the molecule is NC(=O)C(O)(NC(=O)c1ccccc1)c1ccccc1. The third-order valence-corrected chi connectivity index (χ3v) is 2.88. The van der Waals surface area contributed by atoms with Gasteiger partial charge in [0, 0.05) is 11.1 Å². The predicted molar refractivity (Wildman–Crippen MR) is 73.4 cm³/mol. The van der Waals surface area contributed by atoms with Crippen LogP contribution in [0.15, 0.2) is 60.7 Å². The Morgan fingerprint density at radius 3 is 1.95 bits per heavy atom. The number of nitrogens with one attached hydrogen (secondary N) is 1. The molecule has 1 atom stereocenters. The Kier molecular flexibility index (Phi) is 3.81. The van der Waals surface area contributed by atoms with Crippen LogP contribution in [0.1, 0.15) is 15.9 Å². The fourth-order valence-corrected chi connectivity index (χ4v) is 1.78. The highest BCUT2D eigenvalue weighted by atomic mass is 16.3. The van der Waals surface area contributed by atoms with Crippen LogP contribution in [0.2, 0.25) is 0 Å². The lowest BCUT2D eigenvalue weighted by Gasteiger charge is -2.26. The second kappa shape index (κ2) is 5.54. The van der Waals surface area contributed by atoms with Crippen molar-refractivity contribution in [3.63, 3.8) is 0 Å². The summed E-state index contributed by atoms with van der Waals surface area (Å²) in [6, 6.07) is 16.3. The van der Waals surface area contributed by atoms with Gasteiger partial charge in [-0.1, -0.05) is 48.5 Å². The first-order chi connectivity index (χ1) is 9.54. The average Bonchev–Trinajstić information content (AvgIpc) is 2.48. The summed E-state index contributed by atoms with van der Waals surface area (Å²) in [5, 5.41) is 12.7. The van der Waals surface area contributed by atoms with Crippen LogP contribution in [0.4, 0.5) is 0 Å². The highest BCUT2D eigenvalue weighted by Crippen LogP contribution is 2.18. The van der Waals surface area contributed by atoms with Gasteiger partial charge in [0.25, 0.3) is 11.8 Å². The summed E-state index contributed by atoms with van der Waals surface area (Å²) in [5.74, 6) is -1.64. The van der Waals surface area contributed by atoms with E-state index in [0.29, 0.717) is 5.56 Å². The van der Waals surface area contributed by atoms with Gasteiger partial charge in [0.1, 0.15) is 0 Å². The van der Waals surface area contributed by atoms with E-state index >= 15 is 0 Å². The molecule has 0 fully saturated rings. The van der Waals surface area contributed by atoms with Crippen LogP contribution in [-0.4, -0.2) is 16.9 Å². The standard InChI is InChI=1S/C15H14N2O3/c16-14(19)15(20,12-9-5-2-6-10-12)17-13(18)11-7-3-1-4-8-11/h1-10,20H,(H2,16,19)(H,17,18). The molecule has 0 spiro atoms. The number of hydrogen-bond acceptors (Lipinski definition) is 3. The van der Waals surface area contributed by atoms with Crippen LogP contribution in [0.5, 0.6) is 0 Å². The molecule has 2 aromatic carbocycles. The Morgan fingerprint density at radius 1 is 0.950 bits per heavy atom. The lowest BCUT2D eigenvalue weighted by molar-refractivity contribution is -0.139. The number of rotatable bonds is 4. The first-order valence-electron chi connectivity index (χ1n) is 5.99. The zero-order chi connectivity index (χ0) is 14.6. The second-order valence-corrected chi connectivity index (χ2v) is 4.26. The largest absolute Gasteiger partial charge is 0.365 e. The molecule has 0 saturated carbocycles. The fraction of sp³-hybridized carbons (Fsp3) is 0.0667. The number of amides is 2. The van der Waals surface area contributed by atoms with E-state index in [1.165, 1.54) is 12.1 Å². The lowest BCUT2D eigenvalue weighted by Crippen LogP contribution is -2.54. The summed E-state index contributed by atoms with van der Waals surface area (Å²) < 4.78 is 0. The number of hydrogen-bond donors (Lipinski definition) is 3. The molecule has 5 nitrogen and oxygen atoms in total. The number of carbonyl (C=O) groups is 2. The topological polar surface area (TPSA) is 92.4 Å². The van der Waals surface area contributed by atoms with Crippen molar-refractivity contribution in [3.8, 4) is 0 Å². The summed E-state index contributed by atoms with van der Waals surface area (Å²) >= 11 is 0. The summed E-state index contributed by atoms with van der Waals surface area (Å²) in [7, 11) is 0. The third kappa shape index (κ3) is 2.67. The minimum Gasteiger partial charge on any atom is -0.365 e. The predicted octanol–water partition coefficient (Wildman–Crippen LogP) is 0.747. The van der Waals surface area contributed by atoms with Gasteiger partial charge in [0.05, 0.1) is 0 Å². The molecule has 2 aromatic rings. The maximum Gasteiger partial charge on any atom is 0.275 e. The third-order valence-electron chi connectivity index (χ3n) is 2.88. The molecule has 20 heavy (non-hydrogen) atoms. The Morgan fingerprint density at radius 2 is 1.45 bits per heavy atom. The van der Waals surface area contributed by atoms with Crippen LogP contribution in [0.3, 0.4) is 0 Å². The molecular weight excluding hydrogens is 256 g/mol. The van der Waals surface area contributed by atoms with Crippen LogP contribution >= 0.6 is 0 Å². The van der Waals surface area contributed by atoms with Gasteiger partial charge in [-0.2, -0.15) is 0 Å². The lowest BCUT2D eigenvalue weighted by atomic mass is 10.0.